The molecular weight excluding hydrogens is 444 g/mol. The number of rotatable bonds is 5. The lowest BCUT2D eigenvalue weighted by Crippen LogP contribution is -2.58. The Morgan fingerprint density at radius 2 is 1.74 bits per heavy atom. The van der Waals surface area contributed by atoms with Crippen molar-refractivity contribution in [3.8, 4) is 0 Å². The number of aliphatic imine (C=N–C) groups is 1. The average molecular weight is 477 g/mol. The SMILES string of the molecule is NC(=NCc1ccc2ccsc2c1)N1CCN(C(=O)C(O)(c2ccccc2)C2CCCC2)CC1. The molecule has 1 saturated heterocycles. The zero-order valence-electron chi connectivity index (χ0n) is 19.4. The first-order valence-corrected chi connectivity index (χ1v) is 13.0. The Morgan fingerprint density at radius 1 is 1.03 bits per heavy atom. The summed E-state index contributed by atoms with van der Waals surface area (Å²) in [5, 5.41) is 15.1. The fourth-order valence-corrected chi connectivity index (χ4v) is 6.17. The molecule has 34 heavy (non-hydrogen) atoms. The van der Waals surface area contributed by atoms with E-state index in [1.54, 1.807) is 16.2 Å². The van der Waals surface area contributed by atoms with Crippen molar-refractivity contribution >= 4 is 33.3 Å². The van der Waals surface area contributed by atoms with Crippen LogP contribution in [0.4, 0.5) is 0 Å². The molecule has 5 rings (SSSR count). The van der Waals surface area contributed by atoms with E-state index in [0.29, 0.717) is 44.2 Å². The van der Waals surface area contributed by atoms with Crippen LogP contribution in [0.5, 0.6) is 0 Å². The van der Waals surface area contributed by atoms with Gasteiger partial charge in [0.25, 0.3) is 5.91 Å². The van der Waals surface area contributed by atoms with Gasteiger partial charge in [-0.15, -0.1) is 11.3 Å². The van der Waals surface area contributed by atoms with E-state index in [4.69, 9.17) is 5.73 Å². The lowest BCUT2D eigenvalue weighted by molar-refractivity contribution is -0.160. The Bertz CT molecular complexity index is 1160. The monoisotopic (exact) mass is 476 g/mol. The van der Waals surface area contributed by atoms with Gasteiger partial charge in [-0.2, -0.15) is 0 Å². The highest BCUT2D eigenvalue weighted by molar-refractivity contribution is 7.17. The van der Waals surface area contributed by atoms with Crippen molar-refractivity contribution < 1.29 is 9.90 Å². The number of nitrogens with zero attached hydrogens (tertiary/aromatic N) is 3. The molecule has 0 radical (unpaired) electrons. The van der Waals surface area contributed by atoms with Gasteiger partial charge in [0.15, 0.2) is 11.6 Å². The molecule has 2 aromatic carbocycles. The van der Waals surface area contributed by atoms with E-state index < -0.39 is 5.60 Å². The highest BCUT2D eigenvalue weighted by Crippen LogP contribution is 2.42. The maximum absolute atomic E-state index is 13.7. The molecule has 1 unspecified atom stereocenters. The second-order valence-electron chi connectivity index (χ2n) is 9.36. The van der Waals surface area contributed by atoms with Crippen LogP contribution in [-0.4, -0.2) is 53.0 Å². The number of carbonyl (C=O) groups excluding carboxylic acids is 1. The molecule has 1 atom stereocenters. The second-order valence-corrected chi connectivity index (χ2v) is 10.3. The first-order chi connectivity index (χ1) is 16.6. The zero-order chi connectivity index (χ0) is 23.5. The van der Waals surface area contributed by atoms with E-state index in [9.17, 15) is 9.90 Å². The van der Waals surface area contributed by atoms with Crippen LogP contribution in [0.1, 0.15) is 36.8 Å². The summed E-state index contributed by atoms with van der Waals surface area (Å²) in [5.74, 6) is 0.297. The molecule has 0 spiro atoms. The zero-order valence-corrected chi connectivity index (χ0v) is 20.2. The number of nitrogens with two attached hydrogens (primary N) is 1. The van der Waals surface area contributed by atoms with Gasteiger partial charge in [0.2, 0.25) is 0 Å². The summed E-state index contributed by atoms with van der Waals surface area (Å²) in [6.45, 7) is 2.81. The molecule has 178 valence electrons. The number of benzene rings is 2. The summed E-state index contributed by atoms with van der Waals surface area (Å²) in [5.41, 5.74) is 6.70. The van der Waals surface area contributed by atoms with Crippen LogP contribution in [0, 0.1) is 5.92 Å². The van der Waals surface area contributed by atoms with E-state index in [0.717, 1.165) is 31.2 Å². The first kappa shape index (κ1) is 22.9. The number of fused-ring (bicyclic) bond motifs is 1. The average Bonchev–Trinajstić information content (AvgIpc) is 3.59. The number of piperazine rings is 1. The number of thiophene rings is 1. The standard InChI is InChI=1S/C27H32N4O2S/c28-26(29-19-20-10-11-21-12-17-34-24(21)18-20)31-15-13-30(14-16-31)25(32)27(33,23-8-4-5-9-23)22-6-2-1-3-7-22/h1-3,6-7,10-12,17-18,23,33H,4-5,8-9,13-16,19H2,(H2,28,29). The van der Waals surface area contributed by atoms with Gasteiger partial charge in [0.1, 0.15) is 0 Å². The molecule has 2 aliphatic rings. The molecule has 3 aromatic rings. The summed E-state index contributed by atoms with van der Waals surface area (Å²) in [6.07, 6.45) is 3.89. The van der Waals surface area contributed by atoms with Crippen molar-refractivity contribution in [3.05, 3.63) is 71.1 Å². The van der Waals surface area contributed by atoms with Crippen molar-refractivity contribution in [3.63, 3.8) is 0 Å². The van der Waals surface area contributed by atoms with Crippen LogP contribution < -0.4 is 5.73 Å². The number of guanidine groups is 1. The molecule has 1 aliphatic heterocycles. The lowest BCUT2D eigenvalue weighted by atomic mass is 9.79. The van der Waals surface area contributed by atoms with Crippen molar-refractivity contribution in [2.24, 2.45) is 16.6 Å². The van der Waals surface area contributed by atoms with Crippen molar-refractivity contribution in [2.75, 3.05) is 26.2 Å². The highest BCUT2D eigenvalue weighted by atomic mass is 32.1. The van der Waals surface area contributed by atoms with Crippen molar-refractivity contribution in [1.29, 1.82) is 0 Å². The Hall–Kier alpha value is -2.90. The van der Waals surface area contributed by atoms with Crippen molar-refractivity contribution in [2.45, 2.75) is 37.8 Å². The molecular formula is C27H32N4O2S. The number of hydrogen-bond donors (Lipinski definition) is 2. The van der Waals surface area contributed by atoms with Gasteiger partial charge in [-0.3, -0.25) is 4.79 Å². The minimum atomic E-state index is -1.46. The maximum Gasteiger partial charge on any atom is 0.259 e. The van der Waals surface area contributed by atoms with E-state index in [1.807, 2.05) is 35.2 Å². The molecule has 1 aromatic heterocycles. The molecule has 7 heteroatoms. The number of aliphatic hydroxyl groups is 1. The largest absolute Gasteiger partial charge is 0.375 e. The molecule has 2 fully saturated rings. The van der Waals surface area contributed by atoms with Gasteiger partial charge in [-0.25, -0.2) is 4.99 Å². The lowest BCUT2D eigenvalue weighted by Gasteiger charge is -2.41. The van der Waals surface area contributed by atoms with E-state index >= 15 is 0 Å². The number of amides is 1. The Morgan fingerprint density at radius 3 is 2.47 bits per heavy atom. The Kier molecular flexibility index (Phi) is 6.57. The number of carbonyl (C=O) groups is 1. The second kappa shape index (κ2) is 9.76. The smallest absolute Gasteiger partial charge is 0.259 e. The van der Waals surface area contributed by atoms with Gasteiger partial charge >= 0.3 is 0 Å². The summed E-state index contributed by atoms with van der Waals surface area (Å²) in [4.78, 5) is 22.1. The Labute approximate surface area is 204 Å². The molecule has 0 bridgehead atoms. The minimum absolute atomic E-state index is 0.0345. The maximum atomic E-state index is 13.7. The van der Waals surface area contributed by atoms with E-state index in [-0.39, 0.29) is 11.8 Å². The summed E-state index contributed by atoms with van der Waals surface area (Å²) in [6, 6.07) is 18.0. The first-order valence-electron chi connectivity index (χ1n) is 12.1. The van der Waals surface area contributed by atoms with Crippen molar-refractivity contribution in [1.82, 2.24) is 9.80 Å². The summed E-state index contributed by atoms with van der Waals surface area (Å²) < 4.78 is 1.26. The quantitative estimate of drug-likeness (QED) is 0.432. The molecule has 6 nitrogen and oxygen atoms in total. The van der Waals surface area contributed by atoms with Crippen LogP contribution in [0.15, 0.2) is 65.0 Å². The van der Waals surface area contributed by atoms with Gasteiger partial charge in [-0.1, -0.05) is 55.3 Å². The molecule has 3 N–H and O–H groups in total. The van der Waals surface area contributed by atoms with Crippen LogP contribution >= 0.6 is 11.3 Å². The third-order valence-electron chi connectivity index (χ3n) is 7.32. The predicted octanol–water partition coefficient (Wildman–Crippen LogP) is 3.94. The Balaban J connectivity index is 1.24. The van der Waals surface area contributed by atoms with Gasteiger partial charge < -0.3 is 20.6 Å². The van der Waals surface area contributed by atoms with Gasteiger partial charge in [0, 0.05) is 36.8 Å². The summed E-state index contributed by atoms with van der Waals surface area (Å²) in [7, 11) is 0. The number of hydrogen-bond acceptors (Lipinski definition) is 4. The molecule has 1 saturated carbocycles. The fraction of sp³-hybridized carbons (Fsp3) is 0.407. The third kappa shape index (κ3) is 4.42. The van der Waals surface area contributed by atoms with Crippen LogP contribution in [-0.2, 0) is 16.9 Å². The molecule has 1 aliphatic carbocycles. The normalized spacial score (nSPS) is 19.5. The fourth-order valence-electron chi connectivity index (χ4n) is 5.32. The topological polar surface area (TPSA) is 82.2 Å². The highest BCUT2D eigenvalue weighted by Gasteiger charge is 2.48. The van der Waals surface area contributed by atoms with Crippen LogP contribution in [0.25, 0.3) is 10.1 Å². The van der Waals surface area contributed by atoms with Gasteiger partial charge in [-0.05, 0) is 46.9 Å². The molecule has 2 heterocycles. The minimum Gasteiger partial charge on any atom is -0.375 e. The summed E-state index contributed by atoms with van der Waals surface area (Å²) >= 11 is 1.73. The third-order valence-corrected chi connectivity index (χ3v) is 8.20. The molecule has 1 amide bonds. The predicted molar refractivity (Wildman–Crippen MR) is 138 cm³/mol. The van der Waals surface area contributed by atoms with E-state index in [2.05, 4.69) is 34.6 Å². The van der Waals surface area contributed by atoms with Gasteiger partial charge in [0.05, 0.1) is 6.54 Å². The van der Waals surface area contributed by atoms with Crippen LogP contribution in [0.3, 0.4) is 0 Å². The van der Waals surface area contributed by atoms with Crippen LogP contribution in [0.2, 0.25) is 0 Å². The van der Waals surface area contributed by atoms with E-state index in [1.165, 1.54) is 10.1 Å².